The Morgan fingerprint density at radius 2 is 1.82 bits per heavy atom. The van der Waals surface area contributed by atoms with Crippen molar-refractivity contribution in [3.8, 4) is 0 Å². The molecule has 3 rings (SSSR count). The second-order valence-electron chi connectivity index (χ2n) is 6.52. The van der Waals surface area contributed by atoms with E-state index in [1.165, 1.54) is 18.2 Å². The predicted octanol–water partition coefficient (Wildman–Crippen LogP) is 2.53. The summed E-state index contributed by atoms with van der Waals surface area (Å²) in [5.41, 5.74) is 0.969. The Kier molecular flexibility index (Phi) is 5.55. The van der Waals surface area contributed by atoms with Crippen molar-refractivity contribution in [1.29, 1.82) is 0 Å². The molecule has 1 amide bonds. The Balaban J connectivity index is 1.91. The molecule has 0 aliphatic heterocycles. The number of rotatable bonds is 7. The molecule has 3 N–H and O–H groups in total. The number of carbonyl (C=O) groups excluding carboxylic acids is 1. The number of fused-ring (bicyclic) bond motifs is 1. The first kappa shape index (κ1) is 19.7. The smallest absolute Gasteiger partial charge is 0.323 e. The third-order valence-corrected chi connectivity index (χ3v) is 5.76. The van der Waals surface area contributed by atoms with Crippen LogP contribution in [0.2, 0.25) is 0 Å². The number of unbranched alkanes of at least 4 members (excludes halogenated alkanes) is 1. The second-order valence-corrected chi connectivity index (χ2v) is 8.20. The van der Waals surface area contributed by atoms with Gasteiger partial charge in [0.1, 0.15) is 0 Å². The van der Waals surface area contributed by atoms with E-state index in [0.717, 1.165) is 12.8 Å². The van der Waals surface area contributed by atoms with Crippen molar-refractivity contribution in [2.75, 3.05) is 18.3 Å². The first-order chi connectivity index (χ1) is 13.3. The van der Waals surface area contributed by atoms with Crippen molar-refractivity contribution in [1.82, 2.24) is 14.9 Å². The molecule has 2 aromatic carbocycles. The minimum absolute atomic E-state index is 0.0168. The quantitative estimate of drug-likeness (QED) is 0.563. The molecule has 1 aromatic heterocycles. The van der Waals surface area contributed by atoms with Crippen molar-refractivity contribution in [2.45, 2.75) is 24.7 Å². The number of para-hydroxylation sites is 1. The summed E-state index contributed by atoms with van der Waals surface area (Å²) in [5.74, 6) is -0.253. The summed E-state index contributed by atoms with van der Waals surface area (Å²) in [4.78, 5) is 30.8. The molecule has 0 bridgehead atoms. The predicted molar refractivity (Wildman–Crippen MR) is 108 cm³/mol. The van der Waals surface area contributed by atoms with Crippen molar-refractivity contribution in [2.24, 2.45) is 0 Å². The van der Waals surface area contributed by atoms with Crippen LogP contribution in [-0.4, -0.2) is 42.8 Å². The van der Waals surface area contributed by atoms with Crippen LogP contribution < -0.4 is 10.4 Å². The Labute approximate surface area is 162 Å². The highest BCUT2D eigenvalue weighted by Crippen LogP contribution is 2.23. The number of nitrogens with one attached hydrogen (secondary N) is 3. The summed E-state index contributed by atoms with van der Waals surface area (Å²) in [5, 5.41) is 0. The highest BCUT2D eigenvalue weighted by Gasteiger charge is 2.21. The average Bonchev–Trinajstić information content (AvgIpc) is 3.04. The molecule has 28 heavy (non-hydrogen) atoms. The average molecular weight is 402 g/mol. The number of nitrogens with zero attached hydrogens (tertiary/aromatic N) is 1. The zero-order valence-corrected chi connectivity index (χ0v) is 16.5. The molecule has 0 saturated heterocycles. The van der Waals surface area contributed by atoms with Gasteiger partial charge in [0.25, 0.3) is 15.9 Å². The summed E-state index contributed by atoms with van der Waals surface area (Å²) in [7, 11) is -2.26. The summed E-state index contributed by atoms with van der Waals surface area (Å²) >= 11 is 0. The van der Waals surface area contributed by atoms with Gasteiger partial charge in [-0.25, -0.2) is 13.2 Å². The maximum absolute atomic E-state index is 12.8. The van der Waals surface area contributed by atoms with Crippen molar-refractivity contribution in [3.05, 3.63) is 58.5 Å². The van der Waals surface area contributed by atoms with Crippen LogP contribution >= 0.6 is 0 Å². The molecule has 1 heterocycles. The van der Waals surface area contributed by atoms with Gasteiger partial charge in [0.05, 0.1) is 27.2 Å². The summed E-state index contributed by atoms with van der Waals surface area (Å²) in [6.45, 7) is 2.63. The molecule has 0 fully saturated rings. The van der Waals surface area contributed by atoms with E-state index in [9.17, 15) is 18.0 Å². The molecule has 0 unspecified atom stereocenters. The number of H-pyrrole nitrogens is 2. The van der Waals surface area contributed by atoms with Crippen LogP contribution in [0.5, 0.6) is 0 Å². The molecule has 8 nitrogen and oxygen atoms in total. The van der Waals surface area contributed by atoms with Gasteiger partial charge in [-0.1, -0.05) is 25.5 Å². The molecule has 0 saturated carbocycles. The Bertz CT molecular complexity index is 1160. The van der Waals surface area contributed by atoms with Crippen LogP contribution in [0.25, 0.3) is 11.0 Å². The molecule has 0 spiro atoms. The molecule has 0 aliphatic carbocycles. The van der Waals surface area contributed by atoms with Gasteiger partial charge in [-0.05, 0) is 36.8 Å². The molecule has 0 radical (unpaired) electrons. The van der Waals surface area contributed by atoms with E-state index in [1.54, 1.807) is 36.2 Å². The zero-order chi connectivity index (χ0) is 20.3. The highest BCUT2D eigenvalue weighted by atomic mass is 32.2. The molecule has 3 aromatic rings. The third kappa shape index (κ3) is 4.09. The molecule has 0 aliphatic rings. The van der Waals surface area contributed by atoms with E-state index < -0.39 is 15.7 Å². The van der Waals surface area contributed by atoms with Crippen molar-refractivity contribution >= 4 is 32.7 Å². The van der Waals surface area contributed by atoms with E-state index in [0.29, 0.717) is 17.6 Å². The number of hydrogen-bond donors (Lipinski definition) is 3. The number of anilines is 1. The number of aromatic nitrogens is 2. The monoisotopic (exact) mass is 402 g/mol. The maximum atomic E-state index is 12.8. The van der Waals surface area contributed by atoms with Crippen LogP contribution in [0.1, 0.15) is 30.1 Å². The number of aromatic amines is 2. The SMILES string of the molecule is CCCCN(C)C(=O)c1ccccc1NS(=O)(=O)c1ccc2[nH]c(=O)[nH]c2c1. The van der Waals surface area contributed by atoms with E-state index >= 15 is 0 Å². The fourth-order valence-corrected chi connectivity index (χ4v) is 3.95. The Morgan fingerprint density at radius 3 is 2.57 bits per heavy atom. The van der Waals surface area contributed by atoms with Gasteiger partial charge in [0, 0.05) is 13.6 Å². The number of hydrogen-bond acceptors (Lipinski definition) is 4. The lowest BCUT2D eigenvalue weighted by atomic mass is 10.1. The number of sulfonamides is 1. The summed E-state index contributed by atoms with van der Waals surface area (Å²) in [6.07, 6.45) is 1.82. The first-order valence-electron chi connectivity index (χ1n) is 8.91. The maximum Gasteiger partial charge on any atom is 0.323 e. The van der Waals surface area contributed by atoms with Crippen molar-refractivity contribution in [3.63, 3.8) is 0 Å². The summed E-state index contributed by atoms with van der Waals surface area (Å²) in [6, 6.07) is 10.8. The van der Waals surface area contributed by atoms with Gasteiger partial charge >= 0.3 is 5.69 Å². The minimum Gasteiger partial charge on any atom is -0.342 e. The Hall–Kier alpha value is -3.07. The molecule has 9 heteroatoms. The molecular formula is C19H22N4O4S. The lowest BCUT2D eigenvalue weighted by Crippen LogP contribution is -2.28. The summed E-state index contributed by atoms with van der Waals surface area (Å²) < 4.78 is 28.2. The van der Waals surface area contributed by atoms with Gasteiger partial charge in [0.15, 0.2) is 0 Å². The zero-order valence-electron chi connectivity index (χ0n) is 15.7. The van der Waals surface area contributed by atoms with Crippen LogP contribution in [0.3, 0.4) is 0 Å². The van der Waals surface area contributed by atoms with Gasteiger partial charge in [0.2, 0.25) is 0 Å². The van der Waals surface area contributed by atoms with Gasteiger partial charge < -0.3 is 14.9 Å². The van der Waals surface area contributed by atoms with E-state index in [4.69, 9.17) is 0 Å². The topological polar surface area (TPSA) is 115 Å². The van der Waals surface area contributed by atoms with E-state index in [1.807, 2.05) is 6.92 Å². The lowest BCUT2D eigenvalue weighted by Gasteiger charge is -2.19. The largest absolute Gasteiger partial charge is 0.342 e. The second kappa shape index (κ2) is 7.89. The molecular weight excluding hydrogens is 380 g/mol. The molecule has 0 atom stereocenters. The molecule has 148 valence electrons. The normalized spacial score (nSPS) is 11.5. The highest BCUT2D eigenvalue weighted by molar-refractivity contribution is 7.92. The van der Waals surface area contributed by atoms with Gasteiger partial charge in [-0.15, -0.1) is 0 Å². The number of imidazole rings is 1. The number of benzene rings is 2. The standard InChI is InChI=1S/C19H22N4O4S/c1-3-4-11-23(2)18(24)14-7-5-6-8-15(14)22-28(26,27)13-9-10-16-17(12-13)21-19(25)20-16/h5-10,12,22H,3-4,11H2,1-2H3,(H2,20,21,25). The van der Waals surface area contributed by atoms with Crippen molar-refractivity contribution < 1.29 is 13.2 Å². The Morgan fingerprint density at radius 1 is 1.11 bits per heavy atom. The van der Waals surface area contributed by atoms with E-state index in [2.05, 4.69) is 14.7 Å². The van der Waals surface area contributed by atoms with Crippen LogP contribution in [0.15, 0.2) is 52.2 Å². The third-order valence-electron chi connectivity index (χ3n) is 4.39. The minimum atomic E-state index is -3.95. The van der Waals surface area contributed by atoms with Gasteiger partial charge in [-0.2, -0.15) is 0 Å². The fourth-order valence-electron chi connectivity index (χ4n) is 2.84. The van der Waals surface area contributed by atoms with Crippen LogP contribution in [0, 0.1) is 0 Å². The van der Waals surface area contributed by atoms with E-state index in [-0.39, 0.29) is 22.1 Å². The number of amides is 1. The first-order valence-corrected chi connectivity index (χ1v) is 10.4. The number of carbonyl (C=O) groups is 1. The van der Waals surface area contributed by atoms with Gasteiger partial charge in [-0.3, -0.25) is 9.52 Å². The fraction of sp³-hybridized carbons (Fsp3) is 0.263. The van der Waals surface area contributed by atoms with Crippen LogP contribution in [-0.2, 0) is 10.0 Å². The lowest BCUT2D eigenvalue weighted by molar-refractivity contribution is 0.0794. The van der Waals surface area contributed by atoms with Crippen LogP contribution in [0.4, 0.5) is 5.69 Å².